The molecule has 0 aromatic carbocycles. The molecule has 0 aliphatic rings. The Labute approximate surface area is 130 Å². The first-order valence-corrected chi connectivity index (χ1v) is 7.53. The largest absolute Gasteiger partial charge is 0.493 e. The van der Waals surface area contributed by atoms with Crippen LogP contribution in [-0.4, -0.2) is 28.4 Å². The molecule has 0 aliphatic carbocycles. The van der Waals surface area contributed by atoms with Crippen LogP contribution in [0.1, 0.15) is 37.6 Å². The Balaban J connectivity index is 2.50. The Morgan fingerprint density at radius 3 is 2.81 bits per heavy atom. The lowest BCUT2D eigenvalue weighted by atomic mass is 10.0. The molecule has 5 nitrogen and oxygen atoms in total. The molecule has 0 saturated heterocycles. The van der Waals surface area contributed by atoms with Gasteiger partial charge in [-0.25, -0.2) is 0 Å². The maximum atomic E-state index is 6.33. The molecular formula is C15H21ClN4O. The highest BCUT2D eigenvalue weighted by Crippen LogP contribution is 2.33. The van der Waals surface area contributed by atoms with E-state index in [1.807, 2.05) is 10.7 Å². The van der Waals surface area contributed by atoms with Crippen LogP contribution in [0.4, 0.5) is 0 Å². The SMILES string of the molecule is CCCNC(c1ccncc1Cl)c1c(OC)cnn1CC. The highest BCUT2D eigenvalue weighted by molar-refractivity contribution is 6.31. The van der Waals surface area contributed by atoms with E-state index in [-0.39, 0.29) is 6.04 Å². The molecule has 0 amide bonds. The lowest BCUT2D eigenvalue weighted by molar-refractivity contribution is 0.398. The maximum Gasteiger partial charge on any atom is 0.161 e. The Hall–Kier alpha value is -1.59. The highest BCUT2D eigenvalue weighted by Gasteiger charge is 2.24. The van der Waals surface area contributed by atoms with Gasteiger partial charge in [0, 0.05) is 18.9 Å². The van der Waals surface area contributed by atoms with E-state index in [9.17, 15) is 0 Å². The summed E-state index contributed by atoms with van der Waals surface area (Å²) in [4.78, 5) is 4.06. The molecule has 2 rings (SSSR count). The first-order valence-electron chi connectivity index (χ1n) is 7.15. The summed E-state index contributed by atoms with van der Waals surface area (Å²) in [6.45, 7) is 5.83. The second-order valence-corrected chi connectivity index (χ2v) is 5.11. The summed E-state index contributed by atoms with van der Waals surface area (Å²) in [6.07, 6.45) is 6.19. The number of nitrogens with one attached hydrogen (secondary N) is 1. The predicted molar refractivity (Wildman–Crippen MR) is 83.8 cm³/mol. The molecule has 2 aromatic rings. The molecule has 6 heteroatoms. The summed E-state index contributed by atoms with van der Waals surface area (Å²) >= 11 is 6.33. The van der Waals surface area contributed by atoms with Gasteiger partial charge in [0.25, 0.3) is 0 Å². The van der Waals surface area contributed by atoms with E-state index in [0.29, 0.717) is 5.02 Å². The van der Waals surface area contributed by atoms with Crippen LogP contribution in [-0.2, 0) is 6.54 Å². The molecule has 0 bridgehead atoms. The number of ether oxygens (including phenoxy) is 1. The molecule has 1 unspecified atom stereocenters. The van der Waals surface area contributed by atoms with Gasteiger partial charge >= 0.3 is 0 Å². The quantitative estimate of drug-likeness (QED) is 0.854. The minimum atomic E-state index is -0.0714. The molecule has 1 atom stereocenters. The minimum absolute atomic E-state index is 0.0714. The predicted octanol–water partition coefficient (Wildman–Crippen LogP) is 3.05. The van der Waals surface area contributed by atoms with E-state index in [0.717, 1.165) is 36.5 Å². The number of aryl methyl sites for hydroxylation is 1. The number of methoxy groups -OCH3 is 1. The van der Waals surface area contributed by atoms with Crippen molar-refractivity contribution in [2.75, 3.05) is 13.7 Å². The highest BCUT2D eigenvalue weighted by atomic mass is 35.5. The Morgan fingerprint density at radius 1 is 1.38 bits per heavy atom. The molecule has 1 N–H and O–H groups in total. The summed E-state index contributed by atoms with van der Waals surface area (Å²) in [6, 6.07) is 1.86. The lowest BCUT2D eigenvalue weighted by Gasteiger charge is -2.22. The van der Waals surface area contributed by atoms with Crippen molar-refractivity contribution in [3.63, 3.8) is 0 Å². The van der Waals surface area contributed by atoms with E-state index in [1.54, 1.807) is 25.7 Å². The van der Waals surface area contributed by atoms with Gasteiger partial charge in [0.15, 0.2) is 5.75 Å². The van der Waals surface area contributed by atoms with Gasteiger partial charge in [0.1, 0.15) is 5.69 Å². The molecule has 0 fully saturated rings. The third-order valence-electron chi connectivity index (χ3n) is 3.35. The van der Waals surface area contributed by atoms with Crippen LogP contribution in [0.3, 0.4) is 0 Å². The molecule has 0 aliphatic heterocycles. The fourth-order valence-electron chi connectivity index (χ4n) is 2.34. The van der Waals surface area contributed by atoms with E-state index in [4.69, 9.17) is 16.3 Å². The third-order valence-corrected chi connectivity index (χ3v) is 3.67. The Morgan fingerprint density at radius 2 is 2.19 bits per heavy atom. The number of nitrogens with zero attached hydrogens (tertiary/aromatic N) is 3. The molecular weight excluding hydrogens is 288 g/mol. The molecule has 114 valence electrons. The van der Waals surface area contributed by atoms with Crippen molar-refractivity contribution in [2.24, 2.45) is 0 Å². The average Bonchev–Trinajstić information content (AvgIpc) is 2.92. The van der Waals surface area contributed by atoms with Gasteiger partial charge in [0.2, 0.25) is 0 Å². The zero-order valence-electron chi connectivity index (χ0n) is 12.6. The summed E-state index contributed by atoms with van der Waals surface area (Å²) in [7, 11) is 1.66. The van der Waals surface area contributed by atoms with Gasteiger partial charge < -0.3 is 10.1 Å². The molecule has 21 heavy (non-hydrogen) atoms. The fourth-order valence-corrected chi connectivity index (χ4v) is 2.57. The topological polar surface area (TPSA) is 52.0 Å². The zero-order chi connectivity index (χ0) is 15.2. The Bertz CT molecular complexity index is 563. The number of aromatic nitrogens is 3. The van der Waals surface area contributed by atoms with Crippen molar-refractivity contribution in [1.29, 1.82) is 0 Å². The number of halogens is 1. The van der Waals surface area contributed by atoms with Crippen molar-refractivity contribution >= 4 is 11.6 Å². The normalized spacial score (nSPS) is 12.4. The van der Waals surface area contributed by atoms with Gasteiger partial charge in [-0.1, -0.05) is 18.5 Å². The second-order valence-electron chi connectivity index (χ2n) is 4.70. The lowest BCUT2D eigenvalue weighted by Crippen LogP contribution is -2.26. The summed E-state index contributed by atoms with van der Waals surface area (Å²) < 4.78 is 7.40. The monoisotopic (exact) mass is 308 g/mol. The van der Waals surface area contributed by atoms with Crippen LogP contribution in [0.15, 0.2) is 24.7 Å². The van der Waals surface area contributed by atoms with Crippen LogP contribution < -0.4 is 10.1 Å². The van der Waals surface area contributed by atoms with Crippen molar-refractivity contribution in [2.45, 2.75) is 32.9 Å². The average molecular weight is 309 g/mol. The van der Waals surface area contributed by atoms with E-state index in [2.05, 4.69) is 29.2 Å². The van der Waals surface area contributed by atoms with E-state index >= 15 is 0 Å². The Kier molecular flexibility index (Phi) is 5.59. The van der Waals surface area contributed by atoms with Gasteiger partial charge in [-0.2, -0.15) is 5.10 Å². The van der Waals surface area contributed by atoms with Gasteiger partial charge in [-0.05, 0) is 31.5 Å². The van der Waals surface area contributed by atoms with Gasteiger partial charge in [-0.3, -0.25) is 9.67 Å². The van der Waals surface area contributed by atoms with Crippen LogP contribution in [0.2, 0.25) is 5.02 Å². The van der Waals surface area contributed by atoms with Crippen LogP contribution in [0, 0.1) is 0 Å². The third kappa shape index (κ3) is 3.36. The first-order chi connectivity index (χ1) is 10.2. The van der Waals surface area contributed by atoms with Crippen molar-refractivity contribution in [3.8, 4) is 5.75 Å². The minimum Gasteiger partial charge on any atom is -0.493 e. The molecule has 0 spiro atoms. The van der Waals surface area contributed by atoms with E-state index in [1.165, 1.54) is 0 Å². The molecule has 0 saturated carbocycles. The van der Waals surface area contributed by atoms with Crippen LogP contribution >= 0.6 is 11.6 Å². The van der Waals surface area contributed by atoms with Crippen LogP contribution in [0.25, 0.3) is 0 Å². The number of pyridine rings is 1. The van der Waals surface area contributed by atoms with Gasteiger partial charge in [0.05, 0.1) is 24.4 Å². The molecule has 0 radical (unpaired) electrons. The van der Waals surface area contributed by atoms with Crippen molar-refractivity contribution in [3.05, 3.63) is 40.9 Å². The fraction of sp³-hybridized carbons (Fsp3) is 0.467. The van der Waals surface area contributed by atoms with E-state index < -0.39 is 0 Å². The van der Waals surface area contributed by atoms with Gasteiger partial charge in [-0.15, -0.1) is 0 Å². The molecule has 2 aromatic heterocycles. The number of hydrogen-bond donors (Lipinski definition) is 1. The summed E-state index contributed by atoms with van der Waals surface area (Å²) in [5.74, 6) is 0.762. The second kappa shape index (κ2) is 7.43. The number of rotatable bonds is 7. The first kappa shape index (κ1) is 15.8. The molecule has 2 heterocycles. The standard InChI is InChI=1S/C15H21ClN4O/c1-4-7-18-14(11-6-8-17-9-12(11)16)15-13(21-3)10-19-20(15)5-2/h6,8-10,14,18H,4-5,7H2,1-3H3. The maximum absolute atomic E-state index is 6.33. The van der Waals surface area contributed by atoms with Crippen molar-refractivity contribution < 1.29 is 4.74 Å². The summed E-state index contributed by atoms with van der Waals surface area (Å²) in [5, 5.41) is 8.54. The number of hydrogen-bond acceptors (Lipinski definition) is 4. The van der Waals surface area contributed by atoms with Crippen molar-refractivity contribution in [1.82, 2.24) is 20.1 Å². The van der Waals surface area contributed by atoms with Crippen LogP contribution in [0.5, 0.6) is 5.75 Å². The zero-order valence-corrected chi connectivity index (χ0v) is 13.4. The summed E-state index contributed by atoms with van der Waals surface area (Å²) in [5.41, 5.74) is 1.97. The smallest absolute Gasteiger partial charge is 0.161 e.